The SMILES string of the molecule is CCCCC(CC)(CNCC)Cc1ccc(C)c(C)c1. The standard InChI is InChI=1S/C19H33N/c1-6-9-12-19(7-2,15-20-8-3)14-18-11-10-16(4)17(5)13-18/h10-11,13,20H,6-9,12,14-15H2,1-5H3. The van der Waals surface area contributed by atoms with Crippen LogP contribution < -0.4 is 5.32 Å². The number of hydrogen-bond acceptors (Lipinski definition) is 1. The Labute approximate surface area is 126 Å². The van der Waals surface area contributed by atoms with E-state index in [9.17, 15) is 0 Å². The molecule has 0 bridgehead atoms. The number of aryl methyl sites for hydroxylation is 2. The number of hydrogen-bond donors (Lipinski definition) is 1. The molecule has 0 aliphatic carbocycles. The molecule has 0 radical (unpaired) electrons. The van der Waals surface area contributed by atoms with Gasteiger partial charge in [-0.1, -0.05) is 51.8 Å². The minimum absolute atomic E-state index is 0.424. The lowest BCUT2D eigenvalue weighted by Crippen LogP contribution is -2.36. The quantitative estimate of drug-likeness (QED) is 0.665. The second-order valence-corrected chi connectivity index (χ2v) is 6.33. The third-order valence-corrected chi connectivity index (χ3v) is 4.71. The van der Waals surface area contributed by atoms with Crippen LogP contribution in [0.4, 0.5) is 0 Å². The van der Waals surface area contributed by atoms with E-state index < -0.39 is 0 Å². The van der Waals surface area contributed by atoms with E-state index in [-0.39, 0.29) is 0 Å². The van der Waals surface area contributed by atoms with Gasteiger partial charge in [0.05, 0.1) is 0 Å². The molecule has 1 nitrogen and oxygen atoms in total. The summed E-state index contributed by atoms with van der Waals surface area (Å²) in [6, 6.07) is 6.99. The van der Waals surface area contributed by atoms with Gasteiger partial charge in [-0.15, -0.1) is 0 Å². The number of nitrogens with one attached hydrogen (secondary N) is 1. The van der Waals surface area contributed by atoms with Crippen molar-refractivity contribution in [2.75, 3.05) is 13.1 Å². The van der Waals surface area contributed by atoms with Crippen LogP contribution in [0, 0.1) is 19.3 Å². The van der Waals surface area contributed by atoms with Gasteiger partial charge in [0, 0.05) is 6.54 Å². The Hall–Kier alpha value is -0.820. The summed E-state index contributed by atoms with van der Waals surface area (Å²) in [5.74, 6) is 0. The zero-order valence-corrected chi connectivity index (χ0v) is 14.2. The highest BCUT2D eigenvalue weighted by Crippen LogP contribution is 2.33. The molecule has 1 atom stereocenters. The second kappa shape index (κ2) is 8.46. The summed E-state index contributed by atoms with van der Waals surface area (Å²) in [5, 5.41) is 3.60. The first-order chi connectivity index (χ1) is 9.56. The van der Waals surface area contributed by atoms with Crippen LogP contribution in [0.5, 0.6) is 0 Å². The van der Waals surface area contributed by atoms with Gasteiger partial charge >= 0.3 is 0 Å². The van der Waals surface area contributed by atoms with E-state index in [1.807, 2.05) is 0 Å². The molecule has 0 heterocycles. The van der Waals surface area contributed by atoms with Crippen molar-refractivity contribution in [1.29, 1.82) is 0 Å². The molecule has 1 rings (SSSR count). The average molecular weight is 275 g/mol. The van der Waals surface area contributed by atoms with Crippen LogP contribution in [-0.4, -0.2) is 13.1 Å². The number of unbranched alkanes of at least 4 members (excludes halogenated alkanes) is 1. The van der Waals surface area contributed by atoms with Crippen molar-refractivity contribution < 1.29 is 0 Å². The molecule has 0 saturated heterocycles. The van der Waals surface area contributed by atoms with Crippen LogP contribution in [0.2, 0.25) is 0 Å². The monoisotopic (exact) mass is 275 g/mol. The summed E-state index contributed by atoms with van der Waals surface area (Å²) in [6.07, 6.45) is 6.43. The molecule has 0 fully saturated rings. The molecule has 1 heteroatoms. The molecule has 1 unspecified atom stereocenters. The lowest BCUT2D eigenvalue weighted by Gasteiger charge is -2.34. The van der Waals surface area contributed by atoms with Crippen molar-refractivity contribution in [2.45, 2.75) is 66.7 Å². The molecule has 114 valence electrons. The Kier molecular flexibility index (Phi) is 7.29. The molecular weight excluding hydrogens is 242 g/mol. The molecule has 20 heavy (non-hydrogen) atoms. The van der Waals surface area contributed by atoms with Gasteiger partial charge in [0.25, 0.3) is 0 Å². The van der Waals surface area contributed by atoms with E-state index in [1.165, 1.54) is 48.8 Å². The van der Waals surface area contributed by atoms with Crippen LogP contribution >= 0.6 is 0 Å². The summed E-state index contributed by atoms with van der Waals surface area (Å²) < 4.78 is 0. The topological polar surface area (TPSA) is 12.0 Å². The first-order valence-electron chi connectivity index (χ1n) is 8.33. The molecule has 1 N–H and O–H groups in total. The predicted molar refractivity (Wildman–Crippen MR) is 90.4 cm³/mol. The summed E-state index contributed by atoms with van der Waals surface area (Å²) >= 11 is 0. The largest absolute Gasteiger partial charge is 0.316 e. The van der Waals surface area contributed by atoms with Crippen LogP contribution in [0.15, 0.2) is 18.2 Å². The Morgan fingerprint density at radius 1 is 1.05 bits per heavy atom. The predicted octanol–water partition coefficient (Wildman–Crippen LogP) is 5.04. The van der Waals surface area contributed by atoms with Crippen molar-refractivity contribution in [3.8, 4) is 0 Å². The Morgan fingerprint density at radius 3 is 2.35 bits per heavy atom. The molecule has 0 aliphatic rings. The lowest BCUT2D eigenvalue weighted by molar-refractivity contribution is 0.231. The average Bonchev–Trinajstić information content (AvgIpc) is 2.46. The van der Waals surface area contributed by atoms with Gasteiger partial charge in [0.1, 0.15) is 0 Å². The lowest BCUT2D eigenvalue weighted by atomic mass is 9.75. The van der Waals surface area contributed by atoms with Crippen molar-refractivity contribution in [3.63, 3.8) is 0 Å². The maximum Gasteiger partial charge on any atom is 0.00108 e. The van der Waals surface area contributed by atoms with E-state index >= 15 is 0 Å². The molecule has 0 aromatic heterocycles. The van der Waals surface area contributed by atoms with Gasteiger partial charge in [-0.3, -0.25) is 0 Å². The first kappa shape index (κ1) is 17.2. The highest BCUT2D eigenvalue weighted by atomic mass is 14.9. The smallest absolute Gasteiger partial charge is 0.00108 e. The third-order valence-electron chi connectivity index (χ3n) is 4.71. The van der Waals surface area contributed by atoms with Crippen LogP contribution in [0.3, 0.4) is 0 Å². The maximum atomic E-state index is 3.60. The van der Waals surface area contributed by atoms with Gasteiger partial charge in [0.15, 0.2) is 0 Å². The number of rotatable bonds is 9. The molecule has 0 spiro atoms. The summed E-state index contributed by atoms with van der Waals surface area (Å²) in [6.45, 7) is 13.5. The molecule has 1 aromatic rings. The highest BCUT2D eigenvalue weighted by Gasteiger charge is 2.27. The first-order valence-corrected chi connectivity index (χ1v) is 8.33. The summed E-state index contributed by atoms with van der Waals surface area (Å²) in [4.78, 5) is 0. The van der Waals surface area contributed by atoms with E-state index in [1.54, 1.807) is 0 Å². The van der Waals surface area contributed by atoms with Crippen molar-refractivity contribution in [3.05, 3.63) is 34.9 Å². The van der Waals surface area contributed by atoms with Crippen LogP contribution in [0.1, 0.15) is 63.1 Å². The maximum absolute atomic E-state index is 3.60. The van der Waals surface area contributed by atoms with E-state index in [0.29, 0.717) is 5.41 Å². The minimum Gasteiger partial charge on any atom is -0.316 e. The zero-order valence-electron chi connectivity index (χ0n) is 14.2. The van der Waals surface area contributed by atoms with E-state index in [0.717, 1.165) is 13.1 Å². The Balaban J connectivity index is 2.87. The van der Waals surface area contributed by atoms with Crippen molar-refractivity contribution in [1.82, 2.24) is 5.32 Å². The fraction of sp³-hybridized carbons (Fsp3) is 0.684. The fourth-order valence-corrected chi connectivity index (χ4v) is 2.95. The van der Waals surface area contributed by atoms with Gasteiger partial charge in [0.2, 0.25) is 0 Å². The highest BCUT2D eigenvalue weighted by molar-refractivity contribution is 5.30. The third kappa shape index (κ3) is 4.94. The summed E-state index contributed by atoms with van der Waals surface area (Å²) in [5.41, 5.74) is 4.75. The molecule has 0 amide bonds. The molecular formula is C19H33N. The van der Waals surface area contributed by atoms with E-state index in [4.69, 9.17) is 0 Å². The van der Waals surface area contributed by atoms with Gasteiger partial charge in [-0.25, -0.2) is 0 Å². The van der Waals surface area contributed by atoms with Crippen LogP contribution in [-0.2, 0) is 6.42 Å². The van der Waals surface area contributed by atoms with Crippen molar-refractivity contribution >= 4 is 0 Å². The van der Waals surface area contributed by atoms with Gasteiger partial charge < -0.3 is 5.32 Å². The second-order valence-electron chi connectivity index (χ2n) is 6.33. The Morgan fingerprint density at radius 2 is 1.80 bits per heavy atom. The fourth-order valence-electron chi connectivity index (χ4n) is 2.95. The summed E-state index contributed by atoms with van der Waals surface area (Å²) in [7, 11) is 0. The van der Waals surface area contributed by atoms with Gasteiger partial charge in [-0.2, -0.15) is 0 Å². The van der Waals surface area contributed by atoms with Crippen LogP contribution in [0.25, 0.3) is 0 Å². The van der Waals surface area contributed by atoms with E-state index in [2.05, 4.69) is 58.1 Å². The van der Waals surface area contributed by atoms with Gasteiger partial charge in [-0.05, 0) is 61.8 Å². The normalized spacial score (nSPS) is 14.2. The molecule has 0 saturated carbocycles. The molecule has 1 aromatic carbocycles. The van der Waals surface area contributed by atoms with Crippen molar-refractivity contribution in [2.24, 2.45) is 5.41 Å². The number of benzene rings is 1. The Bertz CT molecular complexity index is 387. The molecule has 0 aliphatic heterocycles. The zero-order chi connectivity index (χ0) is 15.0. The minimum atomic E-state index is 0.424.